The summed E-state index contributed by atoms with van der Waals surface area (Å²) in [5, 5.41) is 3.42. The van der Waals surface area contributed by atoms with E-state index in [-0.39, 0.29) is 0 Å². The minimum atomic E-state index is 0.460. The maximum atomic E-state index is 5.90. The summed E-state index contributed by atoms with van der Waals surface area (Å²) >= 11 is 5.44. The first kappa shape index (κ1) is 18.7. The average Bonchev–Trinajstić information content (AvgIpc) is 2.43. The monoisotopic (exact) mass is 375 g/mol. The second-order valence-corrected chi connectivity index (χ2v) is 6.91. The van der Waals surface area contributed by atoms with Gasteiger partial charge in [-0.2, -0.15) is 11.8 Å². The molecule has 0 aromatic heterocycles. The molecule has 0 radical (unpaired) electrons. The van der Waals surface area contributed by atoms with E-state index in [4.69, 9.17) is 9.47 Å². The fourth-order valence-electron chi connectivity index (χ4n) is 1.83. The van der Waals surface area contributed by atoms with Gasteiger partial charge in [0, 0.05) is 12.6 Å². The van der Waals surface area contributed by atoms with Crippen LogP contribution in [0, 0.1) is 0 Å². The van der Waals surface area contributed by atoms with E-state index in [2.05, 4.69) is 53.5 Å². The Morgan fingerprint density at radius 1 is 1.29 bits per heavy atom. The molecule has 0 atom stereocenters. The second-order valence-electron chi connectivity index (χ2n) is 5.07. The number of nitrogens with one attached hydrogen (secondary N) is 1. The number of ether oxygens (including phenoxy) is 2. The molecule has 0 fully saturated rings. The predicted molar refractivity (Wildman–Crippen MR) is 95.8 cm³/mol. The molecule has 0 bridgehead atoms. The molecule has 1 aromatic rings. The summed E-state index contributed by atoms with van der Waals surface area (Å²) in [6, 6.07) is 4.62. The Kier molecular flexibility index (Phi) is 9.20. The van der Waals surface area contributed by atoms with Gasteiger partial charge in [-0.25, -0.2) is 0 Å². The van der Waals surface area contributed by atoms with Crippen LogP contribution in [0.2, 0.25) is 0 Å². The van der Waals surface area contributed by atoms with Crippen LogP contribution in [0.5, 0.6) is 11.5 Å². The standard InChI is InChI=1S/C16H26BrNO2S/c1-5-19-15-10-13(11-18-12(2)3)9-14(17)16(15)20-7-6-8-21-4/h9-10,12,18H,5-8,11H2,1-4H3. The summed E-state index contributed by atoms with van der Waals surface area (Å²) in [5.41, 5.74) is 1.19. The lowest BCUT2D eigenvalue weighted by Crippen LogP contribution is -2.21. The topological polar surface area (TPSA) is 30.5 Å². The van der Waals surface area contributed by atoms with E-state index in [0.29, 0.717) is 19.3 Å². The lowest BCUT2D eigenvalue weighted by molar-refractivity contribution is 0.275. The zero-order chi connectivity index (χ0) is 15.7. The molecule has 5 heteroatoms. The molecular weight excluding hydrogens is 350 g/mol. The number of halogens is 1. The fraction of sp³-hybridized carbons (Fsp3) is 0.625. The van der Waals surface area contributed by atoms with Crippen molar-refractivity contribution in [1.82, 2.24) is 5.32 Å². The van der Waals surface area contributed by atoms with E-state index in [9.17, 15) is 0 Å². The van der Waals surface area contributed by atoms with Crippen molar-refractivity contribution in [3.8, 4) is 11.5 Å². The van der Waals surface area contributed by atoms with Crippen molar-refractivity contribution in [3.05, 3.63) is 22.2 Å². The Balaban J connectivity index is 2.80. The Bertz CT molecular complexity index is 427. The largest absolute Gasteiger partial charge is 0.490 e. The van der Waals surface area contributed by atoms with Gasteiger partial charge in [-0.05, 0) is 59.0 Å². The van der Waals surface area contributed by atoms with Crippen LogP contribution in [0.15, 0.2) is 16.6 Å². The van der Waals surface area contributed by atoms with Gasteiger partial charge in [-0.15, -0.1) is 0 Å². The molecule has 0 aliphatic rings. The zero-order valence-electron chi connectivity index (χ0n) is 13.4. The van der Waals surface area contributed by atoms with Crippen LogP contribution in [0.1, 0.15) is 32.8 Å². The van der Waals surface area contributed by atoms with Crippen LogP contribution in [0.3, 0.4) is 0 Å². The Labute approximate surface area is 141 Å². The van der Waals surface area contributed by atoms with Crippen LogP contribution >= 0.6 is 27.7 Å². The molecule has 0 saturated carbocycles. The Hall–Kier alpha value is -0.390. The van der Waals surface area contributed by atoms with Gasteiger partial charge in [0.1, 0.15) is 0 Å². The first-order valence-electron chi connectivity index (χ1n) is 7.38. The number of rotatable bonds is 10. The summed E-state index contributed by atoms with van der Waals surface area (Å²) < 4.78 is 12.6. The quantitative estimate of drug-likeness (QED) is 0.610. The predicted octanol–water partition coefficient (Wildman–Crippen LogP) is 4.48. The molecule has 1 N–H and O–H groups in total. The molecule has 3 nitrogen and oxygen atoms in total. The summed E-state index contributed by atoms with van der Waals surface area (Å²) in [6.45, 7) is 8.44. The Morgan fingerprint density at radius 3 is 2.67 bits per heavy atom. The average molecular weight is 376 g/mol. The van der Waals surface area contributed by atoms with E-state index in [1.807, 2.05) is 18.7 Å². The van der Waals surface area contributed by atoms with Crippen molar-refractivity contribution in [3.63, 3.8) is 0 Å². The van der Waals surface area contributed by atoms with Gasteiger partial charge < -0.3 is 14.8 Å². The lowest BCUT2D eigenvalue weighted by Gasteiger charge is -2.16. The molecule has 0 heterocycles. The zero-order valence-corrected chi connectivity index (χ0v) is 15.8. The van der Waals surface area contributed by atoms with Gasteiger partial charge in [0.15, 0.2) is 11.5 Å². The molecule has 1 rings (SSSR count). The van der Waals surface area contributed by atoms with E-state index in [1.165, 1.54) is 5.56 Å². The normalized spacial score (nSPS) is 11.0. The molecule has 1 aromatic carbocycles. The molecule has 0 amide bonds. The maximum absolute atomic E-state index is 5.90. The molecular formula is C16H26BrNO2S. The van der Waals surface area contributed by atoms with Gasteiger partial charge >= 0.3 is 0 Å². The van der Waals surface area contributed by atoms with E-state index >= 15 is 0 Å². The second kappa shape index (κ2) is 10.4. The van der Waals surface area contributed by atoms with Crippen LogP contribution < -0.4 is 14.8 Å². The summed E-state index contributed by atoms with van der Waals surface area (Å²) in [5.74, 6) is 2.74. The number of thioether (sulfide) groups is 1. The van der Waals surface area contributed by atoms with Crippen molar-refractivity contribution < 1.29 is 9.47 Å². The van der Waals surface area contributed by atoms with Crippen molar-refractivity contribution in [2.24, 2.45) is 0 Å². The first-order chi connectivity index (χ1) is 10.1. The van der Waals surface area contributed by atoms with Gasteiger partial charge in [0.25, 0.3) is 0 Å². The van der Waals surface area contributed by atoms with E-state index < -0.39 is 0 Å². The molecule has 120 valence electrons. The first-order valence-corrected chi connectivity index (χ1v) is 9.57. The molecule has 0 aliphatic heterocycles. The van der Waals surface area contributed by atoms with E-state index in [0.717, 1.165) is 34.7 Å². The highest BCUT2D eigenvalue weighted by Gasteiger charge is 2.12. The van der Waals surface area contributed by atoms with Crippen molar-refractivity contribution in [1.29, 1.82) is 0 Å². The van der Waals surface area contributed by atoms with E-state index in [1.54, 1.807) is 0 Å². The number of benzene rings is 1. The lowest BCUT2D eigenvalue weighted by atomic mass is 10.2. The van der Waals surface area contributed by atoms with Crippen LogP contribution in [-0.4, -0.2) is 31.3 Å². The molecule has 0 spiro atoms. The smallest absolute Gasteiger partial charge is 0.175 e. The van der Waals surface area contributed by atoms with Gasteiger partial charge in [-0.3, -0.25) is 0 Å². The number of hydrogen-bond donors (Lipinski definition) is 1. The summed E-state index contributed by atoms with van der Waals surface area (Å²) in [4.78, 5) is 0. The number of hydrogen-bond acceptors (Lipinski definition) is 4. The van der Waals surface area contributed by atoms with Crippen molar-refractivity contribution >= 4 is 27.7 Å². The minimum Gasteiger partial charge on any atom is -0.490 e. The summed E-state index contributed by atoms with van der Waals surface area (Å²) in [6.07, 6.45) is 3.15. The fourth-order valence-corrected chi connectivity index (χ4v) is 2.84. The minimum absolute atomic E-state index is 0.460. The van der Waals surface area contributed by atoms with Gasteiger partial charge in [-0.1, -0.05) is 13.8 Å². The third-order valence-corrected chi connectivity index (χ3v) is 4.11. The third-order valence-electron chi connectivity index (χ3n) is 2.82. The van der Waals surface area contributed by atoms with Crippen LogP contribution in [-0.2, 0) is 6.54 Å². The Morgan fingerprint density at radius 2 is 2.05 bits per heavy atom. The maximum Gasteiger partial charge on any atom is 0.175 e. The molecule has 21 heavy (non-hydrogen) atoms. The SMILES string of the molecule is CCOc1cc(CNC(C)C)cc(Br)c1OCCCSC. The van der Waals surface area contributed by atoms with Crippen molar-refractivity contribution in [2.75, 3.05) is 25.2 Å². The molecule has 0 unspecified atom stereocenters. The van der Waals surface area contributed by atoms with Gasteiger partial charge in [0.05, 0.1) is 17.7 Å². The highest BCUT2D eigenvalue weighted by atomic mass is 79.9. The van der Waals surface area contributed by atoms with Crippen LogP contribution in [0.4, 0.5) is 0 Å². The summed E-state index contributed by atoms with van der Waals surface area (Å²) in [7, 11) is 0. The van der Waals surface area contributed by atoms with Gasteiger partial charge in [0.2, 0.25) is 0 Å². The third kappa shape index (κ3) is 6.94. The highest BCUT2D eigenvalue weighted by Crippen LogP contribution is 2.37. The van der Waals surface area contributed by atoms with Crippen LogP contribution in [0.25, 0.3) is 0 Å². The molecule has 0 aliphatic carbocycles. The highest BCUT2D eigenvalue weighted by molar-refractivity contribution is 9.10. The molecule has 0 saturated heterocycles. The van der Waals surface area contributed by atoms with Crippen molar-refractivity contribution in [2.45, 2.75) is 39.8 Å².